The molecule has 4 N–H and O–H groups in total. The average Bonchev–Trinajstić information content (AvgIpc) is 2.36. The molecule has 0 aliphatic carbocycles. The van der Waals surface area contributed by atoms with Crippen molar-refractivity contribution in [3.63, 3.8) is 0 Å². The van der Waals surface area contributed by atoms with E-state index in [2.05, 4.69) is 5.32 Å². The van der Waals surface area contributed by atoms with Crippen LogP contribution in [0.5, 0.6) is 0 Å². The van der Waals surface area contributed by atoms with Gasteiger partial charge in [-0.3, -0.25) is 4.79 Å². The Morgan fingerprint density at radius 1 is 1.41 bits per heavy atom. The van der Waals surface area contributed by atoms with Crippen molar-refractivity contribution in [1.82, 2.24) is 5.32 Å². The molecule has 1 amide bonds. The monoisotopic (exact) mass is 238 g/mol. The minimum Gasteiger partial charge on any atom is -0.392 e. The molecule has 94 valence electrons. The van der Waals surface area contributed by atoms with Crippen LogP contribution in [0.15, 0.2) is 24.3 Å². The molecule has 1 unspecified atom stereocenters. The van der Waals surface area contributed by atoms with Gasteiger partial charge in [-0.2, -0.15) is 0 Å². The Morgan fingerprint density at radius 3 is 2.53 bits per heavy atom. The molecule has 1 aromatic carbocycles. The van der Waals surface area contributed by atoms with Crippen molar-refractivity contribution in [3.05, 3.63) is 35.4 Å². The fourth-order valence-corrected chi connectivity index (χ4v) is 1.34. The van der Waals surface area contributed by atoms with Gasteiger partial charge >= 0.3 is 0 Å². The Labute approximate surface area is 101 Å². The van der Waals surface area contributed by atoms with Crippen LogP contribution >= 0.6 is 0 Å². The zero-order chi connectivity index (χ0) is 12.7. The highest BCUT2D eigenvalue weighted by Gasteiger charge is 2.11. The summed E-state index contributed by atoms with van der Waals surface area (Å²) in [5.74, 6) is -0.238. The Bertz CT molecular complexity index is 351. The maximum atomic E-state index is 11.5. The minimum absolute atomic E-state index is 0.0192. The normalized spacial score (nSPS) is 12.2. The molecule has 0 radical (unpaired) electrons. The van der Waals surface area contributed by atoms with E-state index in [9.17, 15) is 4.79 Å². The standard InChI is InChI=1S/C12H18N2O3/c1-17-8-11(13)12(16)14-6-9-2-4-10(7-15)5-3-9/h2-5,11,15H,6-8,13H2,1H3,(H,14,16). The lowest BCUT2D eigenvalue weighted by molar-refractivity contribution is -0.123. The third kappa shape index (κ3) is 4.52. The number of benzene rings is 1. The number of aliphatic hydroxyl groups is 1. The summed E-state index contributed by atoms with van der Waals surface area (Å²) in [5, 5.41) is 11.6. The van der Waals surface area contributed by atoms with Crippen molar-refractivity contribution in [1.29, 1.82) is 0 Å². The highest BCUT2D eigenvalue weighted by atomic mass is 16.5. The van der Waals surface area contributed by atoms with E-state index in [1.807, 2.05) is 24.3 Å². The van der Waals surface area contributed by atoms with Crippen LogP contribution in [0.25, 0.3) is 0 Å². The fourth-order valence-electron chi connectivity index (χ4n) is 1.34. The molecule has 5 heteroatoms. The van der Waals surface area contributed by atoms with Gasteiger partial charge in [-0.1, -0.05) is 24.3 Å². The number of ether oxygens (including phenoxy) is 1. The predicted octanol–water partition coefficient (Wildman–Crippen LogP) is -0.231. The molecule has 0 saturated heterocycles. The first-order valence-corrected chi connectivity index (χ1v) is 5.38. The fraction of sp³-hybridized carbons (Fsp3) is 0.417. The van der Waals surface area contributed by atoms with Crippen molar-refractivity contribution >= 4 is 5.91 Å². The average molecular weight is 238 g/mol. The van der Waals surface area contributed by atoms with Gasteiger partial charge in [-0.05, 0) is 11.1 Å². The van der Waals surface area contributed by atoms with E-state index in [1.54, 1.807) is 0 Å². The molecule has 0 heterocycles. The summed E-state index contributed by atoms with van der Waals surface area (Å²) in [7, 11) is 1.50. The summed E-state index contributed by atoms with van der Waals surface area (Å²) in [6, 6.07) is 6.70. The molecule has 17 heavy (non-hydrogen) atoms. The SMILES string of the molecule is COCC(N)C(=O)NCc1ccc(CO)cc1. The number of carbonyl (C=O) groups is 1. The molecule has 0 aliphatic rings. The maximum absolute atomic E-state index is 11.5. The summed E-state index contributed by atoms with van der Waals surface area (Å²) >= 11 is 0. The van der Waals surface area contributed by atoms with E-state index >= 15 is 0 Å². The van der Waals surface area contributed by atoms with E-state index in [4.69, 9.17) is 15.6 Å². The molecule has 0 fully saturated rings. The number of methoxy groups -OCH3 is 1. The predicted molar refractivity (Wildman–Crippen MR) is 64.1 cm³/mol. The molecule has 0 bridgehead atoms. The lowest BCUT2D eigenvalue weighted by Gasteiger charge is -2.11. The van der Waals surface area contributed by atoms with Crippen molar-refractivity contribution in [3.8, 4) is 0 Å². The number of hydrogen-bond donors (Lipinski definition) is 3. The number of amides is 1. The summed E-state index contributed by atoms with van der Waals surface area (Å²) in [6.45, 7) is 0.641. The zero-order valence-corrected chi connectivity index (χ0v) is 9.85. The Hall–Kier alpha value is -1.43. The molecule has 1 rings (SSSR count). The summed E-state index contributed by atoms with van der Waals surface area (Å²) in [4.78, 5) is 11.5. The van der Waals surface area contributed by atoms with Crippen molar-refractivity contribution < 1.29 is 14.6 Å². The third-order valence-electron chi connectivity index (χ3n) is 2.36. The molecule has 0 spiro atoms. The van der Waals surface area contributed by atoms with Crippen LogP contribution in [0.3, 0.4) is 0 Å². The number of rotatable bonds is 6. The van der Waals surface area contributed by atoms with Crippen LogP contribution in [0, 0.1) is 0 Å². The van der Waals surface area contributed by atoms with Gasteiger partial charge in [0.1, 0.15) is 6.04 Å². The van der Waals surface area contributed by atoms with Gasteiger partial charge in [-0.15, -0.1) is 0 Å². The number of aliphatic hydroxyl groups excluding tert-OH is 1. The van der Waals surface area contributed by atoms with Gasteiger partial charge < -0.3 is 20.9 Å². The van der Waals surface area contributed by atoms with Gasteiger partial charge in [0.05, 0.1) is 13.2 Å². The quantitative estimate of drug-likeness (QED) is 0.639. The van der Waals surface area contributed by atoms with Gasteiger partial charge in [0.15, 0.2) is 0 Å². The first-order valence-electron chi connectivity index (χ1n) is 5.38. The molecular formula is C12H18N2O3. The maximum Gasteiger partial charge on any atom is 0.239 e. The van der Waals surface area contributed by atoms with Crippen molar-refractivity contribution in [2.75, 3.05) is 13.7 Å². The number of nitrogens with one attached hydrogen (secondary N) is 1. The largest absolute Gasteiger partial charge is 0.392 e. The van der Waals surface area contributed by atoms with Crippen LogP contribution < -0.4 is 11.1 Å². The Balaban J connectivity index is 2.41. The van der Waals surface area contributed by atoms with Gasteiger partial charge in [0.25, 0.3) is 0 Å². The molecule has 0 aromatic heterocycles. The molecule has 1 aromatic rings. The van der Waals surface area contributed by atoms with E-state index < -0.39 is 6.04 Å². The molecule has 5 nitrogen and oxygen atoms in total. The lowest BCUT2D eigenvalue weighted by Crippen LogP contribution is -2.43. The van der Waals surface area contributed by atoms with Gasteiger partial charge in [0, 0.05) is 13.7 Å². The van der Waals surface area contributed by atoms with Crippen molar-refractivity contribution in [2.24, 2.45) is 5.73 Å². The van der Waals surface area contributed by atoms with Gasteiger partial charge in [-0.25, -0.2) is 0 Å². The van der Waals surface area contributed by atoms with Crippen molar-refractivity contribution in [2.45, 2.75) is 19.2 Å². The van der Waals surface area contributed by atoms with Crippen LogP contribution in [0.4, 0.5) is 0 Å². The van der Waals surface area contributed by atoms with E-state index in [0.717, 1.165) is 11.1 Å². The molecule has 1 atom stereocenters. The Kier molecular flexibility index (Phi) is 5.62. The van der Waals surface area contributed by atoms with Crippen LogP contribution in [-0.4, -0.2) is 30.8 Å². The summed E-state index contributed by atoms with van der Waals surface area (Å²) in [6.07, 6.45) is 0. The van der Waals surface area contributed by atoms with Crippen LogP contribution in [0.1, 0.15) is 11.1 Å². The highest BCUT2D eigenvalue weighted by molar-refractivity contribution is 5.81. The first-order chi connectivity index (χ1) is 8.17. The minimum atomic E-state index is -0.642. The van der Waals surface area contributed by atoms with Gasteiger partial charge in [0.2, 0.25) is 5.91 Å². The summed E-state index contributed by atoms with van der Waals surface area (Å²) in [5.41, 5.74) is 7.37. The first kappa shape index (κ1) is 13.6. The van der Waals surface area contributed by atoms with E-state index in [1.165, 1.54) is 7.11 Å². The Morgan fingerprint density at radius 2 is 2.00 bits per heavy atom. The molecule has 0 aliphatic heterocycles. The second-order valence-electron chi connectivity index (χ2n) is 3.75. The van der Waals surface area contributed by atoms with Crippen LogP contribution in [-0.2, 0) is 22.7 Å². The van der Waals surface area contributed by atoms with E-state index in [0.29, 0.717) is 6.54 Å². The van der Waals surface area contributed by atoms with Crippen LogP contribution in [0.2, 0.25) is 0 Å². The smallest absolute Gasteiger partial charge is 0.239 e. The molecular weight excluding hydrogens is 220 g/mol. The zero-order valence-electron chi connectivity index (χ0n) is 9.85. The second-order valence-corrected chi connectivity index (χ2v) is 3.75. The van der Waals surface area contributed by atoms with E-state index in [-0.39, 0.29) is 19.1 Å². The third-order valence-corrected chi connectivity index (χ3v) is 2.36. The number of nitrogens with two attached hydrogens (primary N) is 1. The molecule has 0 saturated carbocycles. The number of hydrogen-bond acceptors (Lipinski definition) is 4. The second kappa shape index (κ2) is 7.01. The number of carbonyl (C=O) groups excluding carboxylic acids is 1. The lowest BCUT2D eigenvalue weighted by atomic mass is 10.1. The summed E-state index contributed by atoms with van der Waals surface area (Å²) < 4.78 is 4.79. The highest BCUT2D eigenvalue weighted by Crippen LogP contribution is 2.03. The topological polar surface area (TPSA) is 84.6 Å².